The summed E-state index contributed by atoms with van der Waals surface area (Å²) in [4.78, 5) is 18.9. The number of rotatable bonds is 6. The van der Waals surface area contributed by atoms with Gasteiger partial charge in [-0.05, 0) is 0 Å². The molecular formula is C10H20O4. The number of unbranched alkanes of at least 4 members (excludes halogenated alkanes) is 4. The molecule has 0 saturated carbocycles. The van der Waals surface area contributed by atoms with Crippen LogP contribution in [0.15, 0.2) is 0 Å². The molecule has 0 atom stereocenters. The van der Waals surface area contributed by atoms with E-state index in [0.29, 0.717) is 0 Å². The van der Waals surface area contributed by atoms with Crippen LogP contribution in [0.5, 0.6) is 0 Å². The van der Waals surface area contributed by atoms with Crippen molar-refractivity contribution in [3.63, 3.8) is 0 Å². The summed E-state index contributed by atoms with van der Waals surface area (Å²) in [6.45, 7) is 4.49. The summed E-state index contributed by atoms with van der Waals surface area (Å²) >= 11 is 0. The van der Waals surface area contributed by atoms with Gasteiger partial charge in [0, 0.05) is 0 Å². The third kappa shape index (κ3) is 22.4. The first-order chi connectivity index (χ1) is 6.54. The number of hydrogen-bond acceptors (Lipinski definition) is 2. The lowest BCUT2D eigenvalue weighted by Crippen LogP contribution is -2.03. The SMILES string of the molecule is CCCCCCC.O=C(O)CC(=O)O. The topological polar surface area (TPSA) is 74.6 Å². The Kier molecular flexibility index (Phi) is 13.1. The second-order valence-corrected chi connectivity index (χ2v) is 3.02. The van der Waals surface area contributed by atoms with Gasteiger partial charge in [0.05, 0.1) is 0 Å². The summed E-state index contributed by atoms with van der Waals surface area (Å²) in [5, 5.41) is 15.4. The molecule has 0 heterocycles. The largest absolute Gasteiger partial charge is 0.481 e. The van der Waals surface area contributed by atoms with Gasteiger partial charge >= 0.3 is 11.9 Å². The Morgan fingerprint density at radius 1 is 0.857 bits per heavy atom. The minimum atomic E-state index is -1.31. The molecule has 4 nitrogen and oxygen atoms in total. The molecule has 0 amide bonds. The molecule has 84 valence electrons. The summed E-state index contributed by atoms with van der Waals surface area (Å²) in [5.74, 6) is -2.62. The van der Waals surface area contributed by atoms with E-state index >= 15 is 0 Å². The zero-order chi connectivity index (χ0) is 11.4. The summed E-state index contributed by atoms with van der Waals surface area (Å²) in [6, 6.07) is 0. The number of aliphatic carboxylic acids is 2. The maximum absolute atomic E-state index is 9.43. The third-order valence-corrected chi connectivity index (χ3v) is 1.51. The van der Waals surface area contributed by atoms with Crippen LogP contribution in [0.25, 0.3) is 0 Å². The van der Waals surface area contributed by atoms with Crippen molar-refractivity contribution in [1.82, 2.24) is 0 Å². The van der Waals surface area contributed by atoms with Crippen molar-refractivity contribution in [1.29, 1.82) is 0 Å². The highest BCUT2D eigenvalue weighted by molar-refractivity contribution is 5.88. The molecule has 0 aromatic rings. The van der Waals surface area contributed by atoms with E-state index in [1.807, 2.05) is 0 Å². The van der Waals surface area contributed by atoms with Gasteiger partial charge in [-0.3, -0.25) is 9.59 Å². The van der Waals surface area contributed by atoms with Gasteiger partial charge in [0.15, 0.2) is 0 Å². The molecule has 0 radical (unpaired) electrons. The molecule has 0 aromatic carbocycles. The van der Waals surface area contributed by atoms with Gasteiger partial charge in [-0.25, -0.2) is 0 Å². The van der Waals surface area contributed by atoms with Crippen LogP contribution in [-0.2, 0) is 9.59 Å². The number of carboxylic acid groups (broad SMARTS) is 2. The molecular weight excluding hydrogens is 184 g/mol. The molecule has 0 aromatic heterocycles. The minimum Gasteiger partial charge on any atom is -0.481 e. The fraction of sp³-hybridized carbons (Fsp3) is 0.800. The third-order valence-electron chi connectivity index (χ3n) is 1.51. The Morgan fingerprint density at radius 3 is 1.36 bits per heavy atom. The average Bonchev–Trinajstić information content (AvgIpc) is 2.04. The van der Waals surface area contributed by atoms with Crippen LogP contribution in [0.4, 0.5) is 0 Å². The zero-order valence-corrected chi connectivity index (χ0v) is 8.95. The standard InChI is InChI=1S/C7H16.C3H4O4/c1-3-5-7-6-4-2;4-2(5)1-3(6)7/h3-7H2,1-2H3;1H2,(H,4,5)(H,6,7). The second-order valence-electron chi connectivity index (χ2n) is 3.02. The molecule has 0 bridgehead atoms. The van der Waals surface area contributed by atoms with Crippen LogP contribution in [0.1, 0.15) is 52.4 Å². The van der Waals surface area contributed by atoms with Crippen molar-refractivity contribution in [2.75, 3.05) is 0 Å². The molecule has 0 fully saturated rings. The van der Waals surface area contributed by atoms with E-state index in [4.69, 9.17) is 10.2 Å². The van der Waals surface area contributed by atoms with E-state index in [2.05, 4.69) is 13.8 Å². The van der Waals surface area contributed by atoms with Crippen LogP contribution in [0.2, 0.25) is 0 Å². The van der Waals surface area contributed by atoms with Crippen molar-refractivity contribution in [3.8, 4) is 0 Å². The van der Waals surface area contributed by atoms with E-state index in [9.17, 15) is 9.59 Å². The van der Waals surface area contributed by atoms with E-state index in [1.165, 1.54) is 32.1 Å². The second kappa shape index (κ2) is 11.9. The van der Waals surface area contributed by atoms with Gasteiger partial charge in [-0.2, -0.15) is 0 Å². The maximum atomic E-state index is 9.43. The normalized spacial score (nSPS) is 8.71. The smallest absolute Gasteiger partial charge is 0.314 e. The Bertz CT molecular complexity index is 138. The van der Waals surface area contributed by atoms with Gasteiger partial charge in [0.25, 0.3) is 0 Å². The molecule has 0 aliphatic carbocycles. The van der Waals surface area contributed by atoms with E-state index in [-0.39, 0.29) is 0 Å². The molecule has 0 rings (SSSR count). The van der Waals surface area contributed by atoms with Crippen molar-refractivity contribution >= 4 is 11.9 Å². The Balaban J connectivity index is 0. The molecule has 4 heteroatoms. The number of carbonyl (C=O) groups is 2. The summed E-state index contributed by atoms with van der Waals surface area (Å²) in [6.07, 6.45) is 6.20. The average molecular weight is 204 g/mol. The van der Waals surface area contributed by atoms with Crippen molar-refractivity contribution in [2.45, 2.75) is 52.4 Å². The quantitative estimate of drug-likeness (QED) is 0.515. The minimum absolute atomic E-state index is 0.806. The van der Waals surface area contributed by atoms with E-state index < -0.39 is 18.4 Å². The predicted molar refractivity (Wildman–Crippen MR) is 54.3 cm³/mol. The Hall–Kier alpha value is -1.06. The lowest BCUT2D eigenvalue weighted by Gasteiger charge is -1.90. The highest BCUT2D eigenvalue weighted by atomic mass is 16.4. The van der Waals surface area contributed by atoms with Crippen LogP contribution in [0.3, 0.4) is 0 Å². The fourth-order valence-electron chi connectivity index (χ4n) is 0.806. The molecule has 0 saturated heterocycles. The fourth-order valence-corrected chi connectivity index (χ4v) is 0.806. The summed E-state index contributed by atoms with van der Waals surface area (Å²) in [7, 11) is 0. The highest BCUT2D eigenvalue weighted by Gasteiger charge is 2.01. The predicted octanol–water partition coefficient (Wildman–Crippen LogP) is 2.52. The zero-order valence-electron chi connectivity index (χ0n) is 8.95. The lowest BCUT2D eigenvalue weighted by atomic mass is 10.2. The van der Waals surface area contributed by atoms with Crippen molar-refractivity contribution in [3.05, 3.63) is 0 Å². The molecule has 14 heavy (non-hydrogen) atoms. The maximum Gasteiger partial charge on any atom is 0.314 e. The number of carboxylic acids is 2. The van der Waals surface area contributed by atoms with E-state index in [0.717, 1.165) is 0 Å². The number of hydrogen-bond donors (Lipinski definition) is 2. The first kappa shape index (κ1) is 15.4. The van der Waals surface area contributed by atoms with Gasteiger partial charge in [-0.15, -0.1) is 0 Å². The lowest BCUT2D eigenvalue weighted by molar-refractivity contribution is -0.147. The van der Waals surface area contributed by atoms with E-state index in [1.54, 1.807) is 0 Å². The first-order valence-corrected chi connectivity index (χ1v) is 4.98. The van der Waals surface area contributed by atoms with Crippen molar-refractivity contribution < 1.29 is 19.8 Å². The molecule has 2 N–H and O–H groups in total. The summed E-state index contributed by atoms with van der Waals surface area (Å²) < 4.78 is 0. The van der Waals surface area contributed by atoms with Crippen molar-refractivity contribution in [2.24, 2.45) is 0 Å². The Morgan fingerprint density at radius 2 is 1.21 bits per heavy atom. The molecule has 0 unspecified atom stereocenters. The molecule has 0 aliphatic rings. The summed E-state index contributed by atoms with van der Waals surface area (Å²) in [5.41, 5.74) is 0. The molecule has 0 spiro atoms. The van der Waals surface area contributed by atoms with Gasteiger partial charge in [-0.1, -0.05) is 46.0 Å². The molecule has 0 aliphatic heterocycles. The van der Waals surface area contributed by atoms with Gasteiger partial charge < -0.3 is 10.2 Å². The first-order valence-electron chi connectivity index (χ1n) is 4.98. The van der Waals surface area contributed by atoms with Crippen LogP contribution < -0.4 is 0 Å². The van der Waals surface area contributed by atoms with Gasteiger partial charge in [0.1, 0.15) is 6.42 Å². The van der Waals surface area contributed by atoms with Gasteiger partial charge in [0.2, 0.25) is 0 Å². The van der Waals surface area contributed by atoms with Crippen LogP contribution in [-0.4, -0.2) is 22.2 Å². The Labute approximate surface area is 84.9 Å². The monoisotopic (exact) mass is 204 g/mol. The van der Waals surface area contributed by atoms with Crippen LogP contribution in [0, 0.1) is 0 Å². The highest BCUT2D eigenvalue weighted by Crippen LogP contribution is 2.00. The van der Waals surface area contributed by atoms with Crippen LogP contribution >= 0.6 is 0 Å².